The molecule has 5 heteroatoms. The van der Waals surface area contributed by atoms with Gasteiger partial charge in [-0.25, -0.2) is 11.3 Å². The maximum atomic E-state index is 5.18. The number of hydrogen-bond acceptors (Lipinski definition) is 5. The number of nitrogens with one attached hydrogen (secondary N) is 2. The molecule has 0 saturated heterocycles. The molecule has 1 aliphatic rings. The standard InChI is InChI=1S/C13H21N3O2.C2H6/c1-17-12-5-2-4-11(10-12)15-16-13(7-8-13)6-3-9-18-14;1-2/h2,4-5,10,15-16H,3,6-9,14H2,1H3;1-2H3. The molecule has 1 aromatic rings. The van der Waals surface area contributed by atoms with Crippen LogP contribution in [0.5, 0.6) is 5.75 Å². The minimum absolute atomic E-state index is 0.210. The van der Waals surface area contributed by atoms with E-state index < -0.39 is 0 Å². The molecule has 0 heterocycles. The number of methoxy groups -OCH3 is 1. The lowest BCUT2D eigenvalue weighted by Crippen LogP contribution is -2.36. The van der Waals surface area contributed by atoms with Crippen LogP contribution in [0.15, 0.2) is 24.3 Å². The summed E-state index contributed by atoms with van der Waals surface area (Å²) in [6.45, 7) is 4.61. The number of rotatable bonds is 8. The minimum Gasteiger partial charge on any atom is -0.497 e. The summed E-state index contributed by atoms with van der Waals surface area (Å²) in [4.78, 5) is 4.59. The molecule has 0 aliphatic heterocycles. The van der Waals surface area contributed by atoms with Crippen molar-refractivity contribution in [3.8, 4) is 5.75 Å². The van der Waals surface area contributed by atoms with Gasteiger partial charge in [0.1, 0.15) is 5.75 Å². The Labute approximate surface area is 121 Å². The third-order valence-corrected chi connectivity index (χ3v) is 3.31. The van der Waals surface area contributed by atoms with E-state index in [1.54, 1.807) is 7.11 Å². The zero-order valence-electron chi connectivity index (χ0n) is 12.7. The van der Waals surface area contributed by atoms with Crippen LogP contribution in [-0.2, 0) is 4.84 Å². The molecule has 4 N–H and O–H groups in total. The van der Waals surface area contributed by atoms with Gasteiger partial charge < -0.3 is 15.0 Å². The molecular weight excluding hydrogens is 254 g/mol. The summed E-state index contributed by atoms with van der Waals surface area (Å²) >= 11 is 0. The highest BCUT2D eigenvalue weighted by Crippen LogP contribution is 2.39. The molecule has 1 aliphatic carbocycles. The Bertz CT molecular complexity index is 381. The third kappa shape index (κ3) is 5.36. The fourth-order valence-corrected chi connectivity index (χ4v) is 1.99. The summed E-state index contributed by atoms with van der Waals surface area (Å²) < 4.78 is 5.18. The Morgan fingerprint density at radius 1 is 1.30 bits per heavy atom. The first-order chi connectivity index (χ1) is 9.78. The molecule has 0 bridgehead atoms. The van der Waals surface area contributed by atoms with Gasteiger partial charge in [0, 0.05) is 11.6 Å². The van der Waals surface area contributed by atoms with Gasteiger partial charge >= 0.3 is 0 Å². The lowest BCUT2D eigenvalue weighted by Gasteiger charge is -2.19. The molecule has 20 heavy (non-hydrogen) atoms. The highest BCUT2D eigenvalue weighted by atomic mass is 16.6. The van der Waals surface area contributed by atoms with Crippen LogP contribution in [0.1, 0.15) is 39.5 Å². The van der Waals surface area contributed by atoms with Crippen LogP contribution in [0.4, 0.5) is 5.69 Å². The van der Waals surface area contributed by atoms with Gasteiger partial charge in [0.05, 0.1) is 19.4 Å². The lowest BCUT2D eigenvalue weighted by atomic mass is 10.1. The second-order valence-electron chi connectivity index (χ2n) is 4.74. The number of hydrogen-bond donors (Lipinski definition) is 3. The van der Waals surface area contributed by atoms with Gasteiger partial charge in [0.2, 0.25) is 0 Å². The monoisotopic (exact) mass is 281 g/mol. The number of benzene rings is 1. The predicted octanol–water partition coefficient (Wildman–Crippen LogP) is 2.84. The first-order valence-corrected chi connectivity index (χ1v) is 7.27. The average molecular weight is 281 g/mol. The molecule has 0 spiro atoms. The second kappa shape index (κ2) is 8.79. The minimum atomic E-state index is 0.210. The van der Waals surface area contributed by atoms with Crippen molar-refractivity contribution in [2.45, 2.75) is 45.1 Å². The molecule has 114 valence electrons. The maximum absolute atomic E-state index is 5.18. The van der Waals surface area contributed by atoms with E-state index in [9.17, 15) is 0 Å². The highest BCUT2D eigenvalue weighted by molar-refractivity contribution is 5.47. The Kier molecular flexibility index (Phi) is 7.36. The molecule has 1 fully saturated rings. The second-order valence-corrected chi connectivity index (χ2v) is 4.74. The molecule has 0 atom stereocenters. The van der Waals surface area contributed by atoms with Crippen LogP contribution < -0.4 is 21.5 Å². The molecule has 0 radical (unpaired) electrons. The zero-order valence-corrected chi connectivity index (χ0v) is 12.7. The largest absolute Gasteiger partial charge is 0.497 e. The van der Waals surface area contributed by atoms with Crippen LogP contribution in [-0.4, -0.2) is 19.3 Å². The first-order valence-electron chi connectivity index (χ1n) is 7.27. The van der Waals surface area contributed by atoms with Crippen molar-refractivity contribution < 1.29 is 9.57 Å². The molecule has 1 saturated carbocycles. The first kappa shape index (κ1) is 16.8. The number of ether oxygens (including phenoxy) is 1. The fourth-order valence-electron chi connectivity index (χ4n) is 1.99. The summed E-state index contributed by atoms with van der Waals surface area (Å²) in [6, 6.07) is 7.86. The zero-order chi connectivity index (χ0) is 14.8. The summed E-state index contributed by atoms with van der Waals surface area (Å²) in [5.41, 5.74) is 7.86. The highest BCUT2D eigenvalue weighted by Gasteiger charge is 2.41. The van der Waals surface area contributed by atoms with Gasteiger partial charge in [0.15, 0.2) is 0 Å². The van der Waals surface area contributed by atoms with E-state index >= 15 is 0 Å². The summed E-state index contributed by atoms with van der Waals surface area (Å²) in [5.74, 6) is 5.88. The normalized spacial score (nSPS) is 15.0. The van der Waals surface area contributed by atoms with Crippen molar-refractivity contribution in [3.63, 3.8) is 0 Å². The van der Waals surface area contributed by atoms with Crippen LogP contribution in [0, 0.1) is 0 Å². The number of hydrazine groups is 1. The van der Waals surface area contributed by atoms with Crippen LogP contribution in [0.25, 0.3) is 0 Å². The van der Waals surface area contributed by atoms with Crippen molar-refractivity contribution in [2.75, 3.05) is 19.1 Å². The lowest BCUT2D eigenvalue weighted by molar-refractivity contribution is 0.131. The van der Waals surface area contributed by atoms with Gasteiger partial charge in [-0.3, -0.25) is 0 Å². The topological polar surface area (TPSA) is 68.5 Å². The fraction of sp³-hybridized carbons (Fsp3) is 0.600. The van der Waals surface area contributed by atoms with Gasteiger partial charge in [-0.1, -0.05) is 19.9 Å². The molecule has 0 aromatic heterocycles. The van der Waals surface area contributed by atoms with E-state index in [1.807, 2.05) is 38.1 Å². The molecule has 2 rings (SSSR count). The van der Waals surface area contributed by atoms with Crippen LogP contribution >= 0.6 is 0 Å². The van der Waals surface area contributed by atoms with Crippen molar-refractivity contribution in [1.29, 1.82) is 0 Å². The smallest absolute Gasteiger partial charge is 0.120 e. The Hall–Kier alpha value is -1.30. The molecule has 0 unspecified atom stereocenters. The van der Waals surface area contributed by atoms with Gasteiger partial charge in [-0.05, 0) is 37.8 Å². The van der Waals surface area contributed by atoms with E-state index in [-0.39, 0.29) is 5.54 Å². The Morgan fingerprint density at radius 2 is 2.05 bits per heavy atom. The van der Waals surface area contributed by atoms with Crippen molar-refractivity contribution in [3.05, 3.63) is 24.3 Å². The number of nitrogens with two attached hydrogens (primary N) is 1. The maximum Gasteiger partial charge on any atom is 0.120 e. The average Bonchev–Trinajstić information content (AvgIpc) is 3.28. The molecule has 5 nitrogen and oxygen atoms in total. The van der Waals surface area contributed by atoms with Crippen molar-refractivity contribution >= 4 is 5.69 Å². The van der Waals surface area contributed by atoms with Gasteiger partial charge in [0.25, 0.3) is 0 Å². The van der Waals surface area contributed by atoms with E-state index in [4.69, 9.17) is 10.6 Å². The number of anilines is 1. The van der Waals surface area contributed by atoms with E-state index in [0.29, 0.717) is 6.61 Å². The third-order valence-electron chi connectivity index (χ3n) is 3.31. The summed E-state index contributed by atoms with van der Waals surface area (Å²) in [7, 11) is 1.67. The van der Waals surface area contributed by atoms with Crippen molar-refractivity contribution in [2.24, 2.45) is 5.90 Å². The van der Waals surface area contributed by atoms with Gasteiger partial charge in [-0.2, -0.15) is 0 Å². The van der Waals surface area contributed by atoms with Crippen LogP contribution in [0.2, 0.25) is 0 Å². The Morgan fingerprint density at radius 3 is 2.65 bits per heavy atom. The van der Waals surface area contributed by atoms with Crippen molar-refractivity contribution in [1.82, 2.24) is 5.43 Å². The Balaban J connectivity index is 0.000000956. The van der Waals surface area contributed by atoms with E-state index in [2.05, 4.69) is 15.7 Å². The van der Waals surface area contributed by atoms with Crippen LogP contribution in [0.3, 0.4) is 0 Å². The summed E-state index contributed by atoms with van der Waals surface area (Å²) in [6.07, 6.45) is 4.42. The molecule has 1 aromatic carbocycles. The summed E-state index contributed by atoms with van der Waals surface area (Å²) in [5, 5.41) is 0. The van der Waals surface area contributed by atoms with E-state index in [0.717, 1.165) is 24.3 Å². The molecular formula is C15H27N3O2. The quantitative estimate of drug-likeness (QED) is 0.505. The van der Waals surface area contributed by atoms with Gasteiger partial charge in [-0.15, -0.1) is 0 Å². The predicted molar refractivity (Wildman–Crippen MR) is 82.4 cm³/mol. The SMILES string of the molecule is CC.COc1cccc(NNC2(CCCON)CC2)c1. The van der Waals surface area contributed by atoms with E-state index in [1.165, 1.54) is 12.8 Å². The molecule has 0 amide bonds.